The van der Waals surface area contributed by atoms with Crippen molar-refractivity contribution < 1.29 is 19.8 Å². The summed E-state index contributed by atoms with van der Waals surface area (Å²) in [7, 11) is 0. The third kappa shape index (κ3) is 2.68. The van der Waals surface area contributed by atoms with E-state index in [0.717, 1.165) is 5.56 Å². The van der Waals surface area contributed by atoms with Crippen LogP contribution in [0, 0.1) is 0 Å². The number of carboxylic acid groups (broad SMARTS) is 1. The summed E-state index contributed by atoms with van der Waals surface area (Å²) in [5.74, 6) is -1.32. The molecule has 1 aliphatic rings. The molecule has 1 heterocycles. The Labute approximate surface area is 105 Å². The molecule has 1 aromatic rings. The number of hydrogen-bond acceptors (Lipinski definition) is 3. The van der Waals surface area contributed by atoms with Gasteiger partial charge in [0.25, 0.3) is 0 Å². The highest BCUT2D eigenvalue weighted by atomic mass is 16.4. The summed E-state index contributed by atoms with van der Waals surface area (Å²) in [6.07, 6.45) is -0.474. The molecular formula is C13H15NO4. The standard InChI is InChI=1S/C13H15NO4/c15-10-7-11(13(17)18)14(8-10)12(16)6-9-4-2-1-3-5-9/h1-5,10-11,15H,6-8H2,(H,17,18)/t10-,11+/m1/s1. The monoisotopic (exact) mass is 249 g/mol. The van der Waals surface area contributed by atoms with Crippen LogP contribution in [0.3, 0.4) is 0 Å². The lowest BCUT2D eigenvalue weighted by atomic mass is 10.1. The topological polar surface area (TPSA) is 77.8 Å². The Hall–Kier alpha value is -1.88. The Morgan fingerprint density at radius 2 is 1.94 bits per heavy atom. The van der Waals surface area contributed by atoms with Crippen LogP contribution < -0.4 is 0 Å². The number of nitrogens with zero attached hydrogens (tertiary/aromatic N) is 1. The van der Waals surface area contributed by atoms with Crippen molar-refractivity contribution in [3.8, 4) is 0 Å². The molecule has 1 aromatic carbocycles. The minimum atomic E-state index is -1.06. The molecule has 0 bridgehead atoms. The lowest BCUT2D eigenvalue weighted by Gasteiger charge is -2.21. The van der Waals surface area contributed by atoms with Gasteiger partial charge in [0.2, 0.25) is 5.91 Å². The van der Waals surface area contributed by atoms with Gasteiger partial charge >= 0.3 is 5.97 Å². The first kappa shape index (κ1) is 12.6. The van der Waals surface area contributed by atoms with Crippen molar-refractivity contribution in [3.63, 3.8) is 0 Å². The molecule has 5 nitrogen and oxygen atoms in total. The first-order valence-corrected chi connectivity index (χ1v) is 5.82. The Morgan fingerprint density at radius 1 is 1.28 bits per heavy atom. The van der Waals surface area contributed by atoms with E-state index in [1.165, 1.54) is 4.90 Å². The molecule has 1 saturated heterocycles. The van der Waals surface area contributed by atoms with Crippen molar-refractivity contribution >= 4 is 11.9 Å². The normalized spacial score (nSPS) is 23.1. The fourth-order valence-electron chi connectivity index (χ4n) is 2.20. The van der Waals surface area contributed by atoms with Gasteiger partial charge in [0.15, 0.2) is 0 Å². The van der Waals surface area contributed by atoms with E-state index in [0.29, 0.717) is 0 Å². The van der Waals surface area contributed by atoms with E-state index in [-0.39, 0.29) is 25.3 Å². The first-order valence-electron chi connectivity index (χ1n) is 5.82. The number of carbonyl (C=O) groups excluding carboxylic acids is 1. The van der Waals surface area contributed by atoms with E-state index in [9.17, 15) is 14.7 Å². The molecule has 2 rings (SSSR count). The number of amides is 1. The molecule has 0 aromatic heterocycles. The molecular weight excluding hydrogens is 234 g/mol. The maximum absolute atomic E-state index is 12.0. The highest BCUT2D eigenvalue weighted by Crippen LogP contribution is 2.19. The van der Waals surface area contributed by atoms with Crippen molar-refractivity contribution in [2.24, 2.45) is 0 Å². The molecule has 1 fully saturated rings. The Bertz CT molecular complexity index is 446. The number of aliphatic carboxylic acids is 1. The van der Waals surface area contributed by atoms with Gasteiger partial charge in [-0.3, -0.25) is 4.79 Å². The fraction of sp³-hybridized carbons (Fsp3) is 0.385. The van der Waals surface area contributed by atoms with Crippen LogP contribution in [-0.4, -0.2) is 45.7 Å². The largest absolute Gasteiger partial charge is 0.480 e. The van der Waals surface area contributed by atoms with Gasteiger partial charge in [0, 0.05) is 13.0 Å². The molecule has 96 valence electrons. The van der Waals surface area contributed by atoms with Crippen LogP contribution in [0.5, 0.6) is 0 Å². The number of hydrogen-bond donors (Lipinski definition) is 2. The van der Waals surface area contributed by atoms with Gasteiger partial charge in [-0.05, 0) is 5.56 Å². The van der Waals surface area contributed by atoms with Crippen LogP contribution in [0.1, 0.15) is 12.0 Å². The van der Waals surface area contributed by atoms with Gasteiger partial charge < -0.3 is 15.1 Å². The molecule has 1 amide bonds. The molecule has 2 N–H and O–H groups in total. The predicted octanol–water partition coefficient (Wildman–Crippen LogP) is 0.275. The van der Waals surface area contributed by atoms with E-state index in [1.807, 2.05) is 30.3 Å². The number of aliphatic hydroxyl groups excluding tert-OH is 1. The van der Waals surface area contributed by atoms with Crippen LogP contribution >= 0.6 is 0 Å². The number of carbonyl (C=O) groups is 2. The van der Waals surface area contributed by atoms with E-state index < -0.39 is 18.1 Å². The molecule has 2 atom stereocenters. The third-order valence-electron chi connectivity index (χ3n) is 3.08. The van der Waals surface area contributed by atoms with Gasteiger partial charge in [-0.1, -0.05) is 30.3 Å². The van der Waals surface area contributed by atoms with Crippen LogP contribution in [-0.2, 0) is 16.0 Å². The molecule has 0 aliphatic carbocycles. The minimum Gasteiger partial charge on any atom is -0.480 e. The first-order chi connectivity index (χ1) is 8.58. The second-order valence-corrected chi connectivity index (χ2v) is 4.45. The van der Waals surface area contributed by atoms with Crippen molar-refractivity contribution in [2.45, 2.75) is 25.0 Å². The molecule has 0 spiro atoms. The number of carboxylic acids is 1. The van der Waals surface area contributed by atoms with Gasteiger partial charge in [-0.25, -0.2) is 4.79 Å². The van der Waals surface area contributed by atoms with Gasteiger partial charge in [0.1, 0.15) is 6.04 Å². The molecule has 18 heavy (non-hydrogen) atoms. The second-order valence-electron chi connectivity index (χ2n) is 4.45. The second kappa shape index (κ2) is 5.18. The van der Waals surface area contributed by atoms with E-state index in [1.54, 1.807) is 0 Å². The van der Waals surface area contributed by atoms with Crippen LogP contribution in [0.4, 0.5) is 0 Å². The lowest BCUT2D eigenvalue weighted by Crippen LogP contribution is -2.41. The molecule has 0 unspecified atom stereocenters. The highest BCUT2D eigenvalue weighted by Gasteiger charge is 2.38. The zero-order valence-corrected chi connectivity index (χ0v) is 9.82. The van der Waals surface area contributed by atoms with E-state index >= 15 is 0 Å². The van der Waals surface area contributed by atoms with Crippen LogP contribution in [0.2, 0.25) is 0 Å². The zero-order valence-electron chi connectivity index (χ0n) is 9.82. The van der Waals surface area contributed by atoms with Crippen LogP contribution in [0.15, 0.2) is 30.3 Å². The summed E-state index contributed by atoms with van der Waals surface area (Å²) in [6, 6.07) is 8.25. The molecule has 0 radical (unpaired) electrons. The molecule has 5 heteroatoms. The van der Waals surface area contributed by atoms with Crippen molar-refractivity contribution in [1.29, 1.82) is 0 Å². The van der Waals surface area contributed by atoms with Gasteiger partial charge in [-0.2, -0.15) is 0 Å². The van der Waals surface area contributed by atoms with Crippen molar-refractivity contribution in [2.75, 3.05) is 6.54 Å². The summed E-state index contributed by atoms with van der Waals surface area (Å²) in [4.78, 5) is 24.3. The van der Waals surface area contributed by atoms with Gasteiger partial charge in [-0.15, -0.1) is 0 Å². The van der Waals surface area contributed by atoms with Crippen LogP contribution in [0.25, 0.3) is 0 Å². The maximum atomic E-state index is 12.0. The number of β-amino-alcohol motifs (C(OH)–C–C–N with tert-alkyl or cyclic N) is 1. The average Bonchev–Trinajstić information content (AvgIpc) is 2.73. The number of benzene rings is 1. The quantitative estimate of drug-likeness (QED) is 0.806. The number of rotatable bonds is 3. The Morgan fingerprint density at radius 3 is 2.56 bits per heavy atom. The van der Waals surface area contributed by atoms with Gasteiger partial charge in [0.05, 0.1) is 12.5 Å². The van der Waals surface area contributed by atoms with E-state index in [2.05, 4.69) is 0 Å². The summed E-state index contributed by atoms with van der Waals surface area (Å²) < 4.78 is 0. The van der Waals surface area contributed by atoms with E-state index in [4.69, 9.17) is 5.11 Å². The summed E-state index contributed by atoms with van der Waals surface area (Å²) >= 11 is 0. The fourth-order valence-corrected chi connectivity index (χ4v) is 2.20. The summed E-state index contributed by atoms with van der Waals surface area (Å²) in [5, 5.41) is 18.5. The van der Waals surface area contributed by atoms with Crippen molar-refractivity contribution in [1.82, 2.24) is 4.90 Å². The summed E-state index contributed by atoms with van der Waals surface area (Å²) in [6.45, 7) is 0.0998. The molecule has 1 aliphatic heterocycles. The average molecular weight is 249 g/mol. The maximum Gasteiger partial charge on any atom is 0.326 e. The smallest absolute Gasteiger partial charge is 0.326 e. The molecule has 0 saturated carbocycles. The summed E-state index contributed by atoms with van der Waals surface area (Å²) in [5.41, 5.74) is 0.841. The zero-order chi connectivity index (χ0) is 13.1. The third-order valence-corrected chi connectivity index (χ3v) is 3.08. The lowest BCUT2D eigenvalue weighted by molar-refractivity contribution is -0.148. The minimum absolute atomic E-state index is 0.0998. The number of aliphatic hydroxyl groups is 1. The Balaban J connectivity index is 2.06. The van der Waals surface area contributed by atoms with Crippen molar-refractivity contribution in [3.05, 3.63) is 35.9 Å². The number of likely N-dealkylation sites (tertiary alicyclic amines) is 1. The Kier molecular flexibility index (Phi) is 3.62. The highest BCUT2D eigenvalue weighted by molar-refractivity contribution is 5.85. The predicted molar refractivity (Wildman–Crippen MR) is 63.9 cm³/mol. The SMILES string of the molecule is O=C(O)[C@@H]1C[C@@H](O)CN1C(=O)Cc1ccccc1.